The number of H-pyrrole nitrogens is 1. The molecule has 2 aromatic heterocycles. The lowest BCUT2D eigenvalue weighted by atomic mass is 9.68. The number of para-hydroxylation sites is 2. The van der Waals surface area contributed by atoms with Crippen molar-refractivity contribution in [2.75, 3.05) is 0 Å². The number of aromatic amines is 1. The predicted octanol–water partition coefficient (Wildman–Crippen LogP) is 4.38. The molecule has 0 spiro atoms. The number of nitrogens with two attached hydrogens (primary N) is 1. The number of amides is 1. The molecule has 1 amide bonds. The maximum atomic E-state index is 14.2. The van der Waals surface area contributed by atoms with Gasteiger partial charge in [0.25, 0.3) is 17.0 Å². The first-order valence-corrected chi connectivity index (χ1v) is 14.8. The van der Waals surface area contributed by atoms with Crippen molar-refractivity contribution in [2.24, 2.45) is 17.6 Å². The molecule has 2 aliphatic heterocycles. The first-order valence-electron chi connectivity index (χ1n) is 14.8. The van der Waals surface area contributed by atoms with Crippen LogP contribution < -0.4 is 16.9 Å². The number of fused-ring (bicyclic) bond motifs is 5. The summed E-state index contributed by atoms with van der Waals surface area (Å²) < 4.78 is 1.96. The Hall–Kier alpha value is -3.26. The van der Waals surface area contributed by atoms with Crippen LogP contribution in [0.15, 0.2) is 46.1 Å². The van der Waals surface area contributed by atoms with Crippen LogP contribution in [0, 0.1) is 11.8 Å². The molecule has 204 valence electrons. The highest BCUT2D eigenvalue weighted by Crippen LogP contribution is 2.47. The van der Waals surface area contributed by atoms with E-state index in [0.717, 1.165) is 35.7 Å². The third kappa shape index (κ3) is 4.33. The fourth-order valence-corrected chi connectivity index (χ4v) is 8.64. The van der Waals surface area contributed by atoms with E-state index < -0.39 is 11.5 Å². The Kier molecular flexibility index (Phi) is 6.18. The first-order chi connectivity index (χ1) is 19.0. The second-order valence-corrected chi connectivity index (χ2v) is 12.5. The van der Waals surface area contributed by atoms with Gasteiger partial charge >= 0.3 is 0 Å². The Morgan fingerprint density at radius 3 is 2.28 bits per heavy atom. The lowest BCUT2D eigenvalue weighted by Crippen LogP contribution is -2.58. The Morgan fingerprint density at radius 2 is 1.56 bits per heavy atom. The molecule has 4 fully saturated rings. The van der Waals surface area contributed by atoms with Crippen molar-refractivity contribution in [1.82, 2.24) is 19.4 Å². The Morgan fingerprint density at radius 1 is 0.872 bits per heavy atom. The van der Waals surface area contributed by atoms with Gasteiger partial charge in [-0.15, -0.1) is 0 Å². The first kappa shape index (κ1) is 24.8. The van der Waals surface area contributed by atoms with Crippen molar-refractivity contribution >= 4 is 16.9 Å². The van der Waals surface area contributed by atoms with Crippen LogP contribution in [0.1, 0.15) is 87.0 Å². The summed E-state index contributed by atoms with van der Waals surface area (Å²) in [6.07, 6.45) is 15.4. The Labute approximate surface area is 227 Å². The molecule has 3 aromatic rings. The zero-order valence-corrected chi connectivity index (χ0v) is 22.4. The van der Waals surface area contributed by atoms with Gasteiger partial charge in [-0.2, -0.15) is 0 Å². The summed E-state index contributed by atoms with van der Waals surface area (Å²) in [4.78, 5) is 48.3. The lowest BCUT2D eigenvalue weighted by molar-refractivity contribution is -0.0485. The van der Waals surface area contributed by atoms with Crippen molar-refractivity contribution in [3.05, 3.63) is 62.8 Å². The number of pyridine rings is 1. The normalized spacial score (nSPS) is 30.8. The number of carbonyl (C=O) groups is 1. The molecule has 2 aliphatic carbocycles. The van der Waals surface area contributed by atoms with Crippen LogP contribution in [0.3, 0.4) is 0 Å². The van der Waals surface area contributed by atoms with Crippen LogP contribution in [-0.2, 0) is 0 Å². The largest absolute Gasteiger partial charge is 0.365 e. The maximum Gasteiger partial charge on any atom is 0.277 e. The van der Waals surface area contributed by atoms with E-state index >= 15 is 0 Å². The lowest BCUT2D eigenvalue weighted by Gasteiger charge is -2.55. The van der Waals surface area contributed by atoms with E-state index in [2.05, 4.69) is 9.88 Å². The molecule has 8 nitrogen and oxygen atoms in total. The number of aromatic nitrogens is 3. The molecule has 4 bridgehead atoms. The average Bonchev–Trinajstić information content (AvgIpc) is 2.92. The van der Waals surface area contributed by atoms with Crippen molar-refractivity contribution in [2.45, 2.75) is 94.8 Å². The molecular weight excluding hydrogens is 490 g/mol. The van der Waals surface area contributed by atoms with E-state index in [9.17, 15) is 14.4 Å². The van der Waals surface area contributed by atoms with Crippen LogP contribution in [0.2, 0.25) is 0 Å². The molecule has 0 radical (unpaired) electrons. The molecule has 1 aromatic carbocycles. The van der Waals surface area contributed by atoms with Crippen molar-refractivity contribution in [3.63, 3.8) is 0 Å². The fraction of sp³-hybridized carbons (Fsp3) is 0.548. The standard InChI is InChI=1S/C31H37N5O3/c32-29(37)25-14-20(17-33-30(25)38)28-31(39)36(27-10-2-1-9-26(27)34-28)24-15-21-7-4-8-22(16-24)35(21)23-12-18-5-3-6-19(11-18)13-23/h1-2,9-10,14,17-19,21-24H,3-8,11-13,15-16H2,(H2,32,37)(H,33,38)/t18-,19+,21-,22+,23?,24?. The van der Waals surface area contributed by atoms with Crippen molar-refractivity contribution in [1.29, 1.82) is 0 Å². The predicted molar refractivity (Wildman–Crippen MR) is 151 cm³/mol. The van der Waals surface area contributed by atoms with Crippen molar-refractivity contribution in [3.8, 4) is 11.3 Å². The topological polar surface area (TPSA) is 114 Å². The highest BCUT2D eigenvalue weighted by atomic mass is 16.2. The average molecular weight is 528 g/mol. The molecule has 4 aliphatic rings. The number of carbonyl (C=O) groups excluding carboxylic acids is 1. The van der Waals surface area contributed by atoms with Gasteiger partial charge in [-0.3, -0.25) is 19.3 Å². The number of rotatable bonds is 4. The van der Waals surface area contributed by atoms with Crippen molar-refractivity contribution < 1.29 is 4.79 Å². The number of piperidine rings is 2. The van der Waals surface area contributed by atoms with Gasteiger partial charge in [-0.25, -0.2) is 4.98 Å². The molecule has 7 rings (SSSR count). The number of nitrogens with zero attached hydrogens (tertiary/aromatic N) is 3. The van der Waals surface area contributed by atoms with Crippen LogP contribution >= 0.6 is 0 Å². The van der Waals surface area contributed by atoms with Gasteiger partial charge in [0.05, 0.1) is 11.0 Å². The highest BCUT2D eigenvalue weighted by molar-refractivity contribution is 5.93. The summed E-state index contributed by atoms with van der Waals surface area (Å²) in [6.45, 7) is 0. The van der Waals surface area contributed by atoms with Gasteiger partial charge < -0.3 is 15.3 Å². The summed E-state index contributed by atoms with van der Waals surface area (Å²) in [6, 6.07) is 11.0. The number of nitrogens with one attached hydrogen (secondary N) is 1. The number of hydrogen-bond donors (Lipinski definition) is 2. The summed E-state index contributed by atoms with van der Waals surface area (Å²) >= 11 is 0. The van der Waals surface area contributed by atoms with Gasteiger partial charge in [-0.05, 0) is 75.0 Å². The quantitative estimate of drug-likeness (QED) is 0.523. The molecular formula is C31H37N5O3. The van der Waals surface area contributed by atoms with E-state index in [1.807, 2.05) is 28.8 Å². The van der Waals surface area contributed by atoms with E-state index in [0.29, 0.717) is 23.7 Å². The fourth-order valence-electron chi connectivity index (χ4n) is 8.64. The monoisotopic (exact) mass is 527 g/mol. The van der Waals surface area contributed by atoms with E-state index in [-0.39, 0.29) is 22.9 Å². The minimum Gasteiger partial charge on any atom is -0.365 e. The van der Waals surface area contributed by atoms with E-state index in [4.69, 9.17) is 10.7 Å². The second kappa shape index (κ2) is 9.73. The second-order valence-electron chi connectivity index (χ2n) is 12.5. The summed E-state index contributed by atoms with van der Waals surface area (Å²) in [5.74, 6) is 0.974. The van der Waals surface area contributed by atoms with Crippen LogP contribution in [-0.4, -0.2) is 43.5 Å². The zero-order chi connectivity index (χ0) is 26.7. The number of primary amides is 1. The summed E-state index contributed by atoms with van der Waals surface area (Å²) in [5.41, 5.74) is 6.71. The number of hydrogen-bond acceptors (Lipinski definition) is 5. The minimum atomic E-state index is -0.828. The highest BCUT2D eigenvalue weighted by Gasteiger charge is 2.45. The van der Waals surface area contributed by atoms with Gasteiger partial charge in [0.15, 0.2) is 0 Å². The molecule has 2 saturated heterocycles. The van der Waals surface area contributed by atoms with Crippen LogP contribution in [0.5, 0.6) is 0 Å². The molecule has 4 heterocycles. The Balaban J connectivity index is 1.27. The van der Waals surface area contributed by atoms with E-state index in [1.54, 1.807) is 0 Å². The minimum absolute atomic E-state index is 0.0807. The summed E-state index contributed by atoms with van der Waals surface area (Å²) in [5, 5.41) is 0. The number of benzene rings is 1. The molecule has 39 heavy (non-hydrogen) atoms. The molecule has 3 N–H and O–H groups in total. The molecule has 6 atom stereocenters. The summed E-state index contributed by atoms with van der Waals surface area (Å²) in [7, 11) is 0. The SMILES string of the molecule is NC(=O)c1cc(-c2nc3ccccc3n(C3C[C@H]4CCC[C@@H](C3)N4C3C[C@H]4CCC[C@@H](C3)C4)c2=O)c[nH]c1=O. The van der Waals surface area contributed by atoms with Crippen LogP contribution in [0.4, 0.5) is 0 Å². The van der Waals surface area contributed by atoms with Gasteiger partial charge in [0, 0.05) is 35.9 Å². The van der Waals surface area contributed by atoms with Gasteiger partial charge in [-0.1, -0.05) is 37.8 Å². The maximum absolute atomic E-state index is 14.2. The smallest absolute Gasteiger partial charge is 0.277 e. The molecule has 2 saturated carbocycles. The zero-order valence-electron chi connectivity index (χ0n) is 22.4. The van der Waals surface area contributed by atoms with E-state index in [1.165, 1.54) is 70.1 Å². The third-order valence-corrected chi connectivity index (χ3v) is 10.1. The van der Waals surface area contributed by atoms with Gasteiger partial charge in [0.2, 0.25) is 0 Å². The molecule has 8 heteroatoms. The van der Waals surface area contributed by atoms with Crippen LogP contribution in [0.25, 0.3) is 22.3 Å². The third-order valence-electron chi connectivity index (χ3n) is 10.1. The molecule has 2 unspecified atom stereocenters. The van der Waals surface area contributed by atoms with Gasteiger partial charge in [0.1, 0.15) is 11.3 Å². The Bertz CT molecular complexity index is 1520.